The monoisotopic (exact) mass is 1160 g/mol. The average molecular weight is 1160 g/mol. The van der Waals surface area contributed by atoms with Crippen LogP contribution in [0.4, 0.5) is 0 Å². The second-order valence-electron chi connectivity index (χ2n) is 17.1. The number of aromatic nitrogens is 16. The van der Waals surface area contributed by atoms with Gasteiger partial charge in [-0.1, -0.05) is 0 Å². The molecule has 0 fully saturated rings. The summed E-state index contributed by atoms with van der Waals surface area (Å²) in [6.45, 7) is 25.5. The zero-order valence-electron chi connectivity index (χ0n) is 52.0. The van der Waals surface area contributed by atoms with Gasteiger partial charge in [-0.3, -0.25) is 0 Å². The summed E-state index contributed by atoms with van der Waals surface area (Å²) < 4.78 is 33.2. The molecule has 0 N–H and O–H groups in total. The van der Waals surface area contributed by atoms with E-state index in [9.17, 15) is 0 Å². The van der Waals surface area contributed by atoms with Crippen LogP contribution < -0.4 is 76.7 Å². The fraction of sp³-hybridized carbons (Fsp3) is 0.462. The van der Waals surface area contributed by atoms with Gasteiger partial charge in [0.2, 0.25) is 50.6 Å². The number of aryl methyl sites for hydroxylation is 16. The number of hydrogen-bond acceptors (Lipinski definition) is 12. The fourth-order valence-electron chi connectivity index (χ4n) is 5.51. The van der Waals surface area contributed by atoms with Crippen molar-refractivity contribution >= 4 is 28.5 Å². The summed E-state index contributed by atoms with van der Waals surface area (Å²) in [6.07, 6.45) is 49.1. The zero-order valence-corrected chi connectivity index (χ0v) is 52.0. The Balaban J connectivity index is -0.000000418. The maximum atomic E-state index is 8.98. The van der Waals surface area contributed by atoms with Gasteiger partial charge in [-0.25, -0.2) is 94.1 Å². The van der Waals surface area contributed by atoms with Crippen molar-refractivity contribution in [2.45, 2.75) is 108 Å². The van der Waals surface area contributed by atoms with Gasteiger partial charge in [0, 0.05) is 28.5 Å². The van der Waals surface area contributed by atoms with E-state index in [1.54, 1.807) is 0 Å². The SMILES string of the molecule is CC[n+]1ccn(C)c1.CC[n+]1ccn(C)c1.CC[n+]1ccn(C)c1.CC[n+]1ccn(C)c1.CC[n+]1ccn(C)c1.CC[n+]1ccn(C)c1.CC[n+]1ccn(C)c1.CC[n+]1ccn(C)c1.N#CB([O-])[O-].N#CB([O-])[O-].N#CB([O-])[O-].N#CB([O-])[O-]. The molecular weight excluding hydrogens is 1080 g/mol. The van der Waals surface area contributed by atoms with Crippen LogP contribution in [-0.4, -0.2) is 65.0 Å². The highest BCUT2D eigenvalue weighted by Gasteiger charge is 1.97. The Morgan fingerprint density at radius 3 is 0.357 bits per heavy atom. The van der Waals surface area contributed by atoms with Crippen molar-refractivity contribution in [2.24, 2.45) is 56.4 Å². The Morgan fingerprint density at radius 2 is 0.333 bits per heavy atom. The molecule has 8 heterocycles. The summed E-state index contributed by atoms with van der Waals surface area (Å²) in [6, 6.07) is 0. The van der Waals surface area contributed by atoms with Crippen LogP contribution in [0.15, 0.2) is 150 Å². The summed E-state index contributed by atoms with van der Waals surface area (Å²) in [5.74, 6) is 3.67. The van der Waals surface area contributed by atoms with Crippen molar-refractivity contribution in [3.8, 4) is 23.9 Å². The Hall–Kier alpha value is -8.42. The van der Waals surface area contributed by atoms with E-state index >= 15 is 0 Å². The van der Waals surface area contributed by atoms with Gasteiger partial charge >= 0.3 is 0 Å². The van der Waals surface area contributed by atoms with Gasteiger partial charge in [0.15, 0.2) is 0 Å². The molecule has 8 aromatic heterocycles. The first-order chi connectivity index (χ1) is 39.7. The molecule has 0 aromatic carbocycles. The van der Waals surface area contributed by atoms with Crippen LogP contribution >= 0.6 is 0 Å². The van der Waals surface area contributed by atoms with Crippen LogP contribution in [0.3, 0.4) is 0 Å². The fourth-order valence-corrected chi connectivity index (χ4v) is 5.51. The van der Waals surface area contributed by atoms with Gasteiger partial charge in [0.1, 0.15) is 99.1 Å². The molecule has 0 spiro atoms. The lowest BCUT2D eigenvalue weighted by Crippen LogP contribution is -2.43. The third kappa shape index (κ3) is 50.5. The van der Waals surface area contributed by atoms with Crippen LogP contribution in [0.25, 0.3) is 0 Å². The molecule has 0 aliphatic rings. The topological polar surface area (TPSA) is 350 Å². The van der Waals surface area contributed by atoms with Crippen molar-refractivity contribution in [1.82, 2.24) is 36.5 Å². The molecule has 8 aromatic rings. The molecule has 0 aliphatic carbocycles. The molecule has 84 heavy (non-hydrogen) atoms. The number of imidazole rings is 8. The Labute approximate surface area is 498 Å². The third-order valence-electron chi connectivity index (χ3n) is 9.93. The van der Waals surface area contributed by atoms with E-state index in [2.05, 4.69) is 192 Å². The maximum absolute atomic E-state index is 8.98. The number of nitriles is 4. The Bertz CT molecular complexity index is 2410. The second kappa shape index (κ2) is 52.6. The van der Waals surface area contributed by atoms with E-state index in [-0.39, 0.29) is 0 Å². The number of rotatable bonds is 8. The molecule has 28 nitrogen and oxygen atoms in total. The first kappa shape index (κ1) is 82.0. The smallest absolute Gasteiger partial charge is 0.243 e. The van der Waals surface area contributed by atoms with Gasteiger partial charge < -0.3 is 40.2 Å². The normalized spacial score (nSPS) is 8.81. The summed E-state index contributed by atoms with van der Waals surface area (Å²) in [4.78, 5) is 0. The molecule has 8 rings (SSSR count). The average Bonchev–Trinajstić information content (AvgIpc) is 4.36. The minimum absolute atomic E-state index is 0.917. The first-order valence-electron chi connectivity index (χ1n) is 26.6. The largest absolute Gasteiger partial charge is 0.881 e. The minimum atomic E-state index is -2.31. The highest BCUT2D eigenvalue weighted by Crippen LogP contribution is 1.79. The van der Waals surface area contributed by atoms with Gasteiger partial charge in [-0.05, 0) is 79.3 Å². The van der Waals surface area contributed by atoms with Gasteiger partial charge in [-0.15, -0.1) is 0 Å². The van der Waals surface area contributed by atoms with Crippen molar-refractivity contribution in [2.75, 3.05) is 0 Å². The second-order valence-corrected chi connectivity index (χ2v) is 17.1. The Morgan fingerprint density at radius 1 is 0.250 bits per heavy atom. The third-order valence-corrected chi connectivity index (χ3v) is 9.93. The first-order valence-corrected chi connectivity index (χ1v) is 26.6. The van der Waals surface area contributed by atoms with E-state index in [4.69, 9.17) is 61.2 Å². The molecule has 0 unspecified atom stereocenters. The lowest BCUT2D eigenvalue weighted by molar-refractivity contribution is -0.693. The van der Waals surface area contributed by atoms with E-state index in [1.807, 2.05) is 142 Å². The maximum Gasteiger partial charge on any atom is 0.243 e. The zero-order chi connectivity index (χ0) is 65.0. The predicted octanol–water partition coefficient (Wildman–Crippen LogP) is -8.31. The van der Waals surface area contributed by atoms with Crippen LogP contribution in [0.5, 0.6) is 0 Å². The van der Waals surface area contributed by atoms with Crippen LogP contribution in [0.1, 0.15) is 55.4 Å². The molecular formula is C52H88B4N20O8. The minimum Gasteiger partial charge on any atom is -0.881 e. The number of nitrogens with zero attached hydrogens (tertiary/aromatic N) is 20. The summed E-state index contributed by atoms with van der Waals surface area (Å²) >= 11 is 0. The highest BCUT2D eigenvalue weighted by molar-refractivity contribution is 6.47. The van der Waals surface area contributed by atoms with Gasteiger partial charge in [-0.2, -0.15) is 0 Å². The lowest BCUT2D eigenvalue weighted by Gasteiger charge is -2.12. The summed E-state index contributed by atoms with van der Waals surface area (Å²) in [5, 5.41) is 101. The molecule has 32 heteroatoms. The highest BCUT2D eigenvalue weighted by atomic mass is 16.4. The number of hydrogen-bond donors (Lipinski definition) is 0. The molecule has 0 radical (unpaired) electrons. The standard InChI is InChI=1S/8C6H11N2.4CBNO2/c8*1-3-8-5-4-7(2)6-8;4*3-1-2(4)5/h8*4-6H,3H2,1-2H3;;;;/q8*+1;4*-2. The molecule has 0 amide bonds. The van der Waals surface area contributed by atoms with Crippen LogP contribution in [0.2, 0.25) is 0 Å². The van der Waals surface area contributed by atoms with Crippen LogP contribution in [0, 0.1) is 44.9 Å². The van der Waals surface area contributed by atoms with Crippen molar-refractivity contribution in [1.29, 1.82) is 21.0 Å². The van der Waals surface area contributed by atoms with E-state index in [0.29, 0.717) is 0 Å². The van der Waals surface area contributed by atoms with E-state index < -0.39 is 28.5 Å². The van der Waals surface area contributed by atoms with Crippen LogP contribution in [-0.2, 0) is 109 Å². The van der Waals surface area contributed by atoms with Crippen molar-refractivity contribution < 1.29 is 76.7 Å². The lowest BCUT2D eigenvalue weighted by atomic mass is 9.97. The van der Waals surface area contributed by atoms with Crippen molar-refractivity contribution in [3.05, 3.63) is 150 Å². The molecule has 0 saturated carbocycles. The Kier molecular flexibility index (Phi) is 51.4. The predicted molar refractivity (Wildman–Crippen MR) is 296 cm³/mol. The molecule has 0 bridgehead atoms. The van der Waals surface area contributed by atoms with E-state index in [0.717, 1.165) is 76.2 Å². The van der Waals surface area contributed by atoms with E-state index in [1.165, 1.54) is 0 Å². The van der Waals surface area contributed by atoms with Gasteiger partial charge in [0.05, 0.1) is 109 Å². The quantitative estimate of drug-likeness (QED) is 0.101. The van der Waals surface area contributed by atoms with Crippen molar-refractivity contribution in [3.63, 3.8) is 0 Å². The summed E-state index contributed by atoms with van der Waals surface area (Å²) in [5.41, 5.74) is 0. The molecule has 0 atom stereocenters. The summed E-state index contributed by atoms with van der Waals surface area (Å²) in [7, 11) is 6.92. The van der Waals surface area contributed by atoms with Gasteiger partial charge in [0.25, 0.3) is 0 Å². The molecule has 0 saturated heterocycles. The molecule has 0 aliphatic heterocycles. The molecule has 456 valence electrons.